The molecule has 0 aromatic rings. The molecule has 60 valence electrons. The van der Waals surface area contributed by atoms with E-state index in [0.717, 1.165) is 6.42 Å². The average molecular weight is 144 g/mol. The van der Waals surface area contributed by atoms with E-state index in [4.69, 9.17) is 9.84 Å². The second-order valence-electron chi connectivity index (χ2n) is 2.76. The molecule has 0 rings (SSSR count). The van der Waals surface area contributed by atoms with Crippen LogP contribution in [0, 0.1) is 5.41 Å². The smallest absolute Gasteiger partial charge is 0.0520 e. The fraction of sp³-hybridized carbons (Fsp3) is 0.750. The lowest BCUT2D eigenvalue weighted by Gasteiger charge is -2.21. The number of hydrogen-bond donors (Lipinski definition) is 1. The summed E-state index contributed by atoms with van der Waals surface area (Å²) >= 11 is 0. The van der Waals surface area contributed by atoms with Crippen molar-refractivity contribution in [1.29, 1.82) is 0 Å². The van der Waals surface area contributed by atoms with Gasteiger partial charge >= 0.3 is 0 Å². The van der Waals surface area contributed by atoms with Gasteiger partial charge in [-0.05, 0) is 6.42 Å². The highest BCUT2D eigenvalue weighted by atomic mass is 16.5. The van der Waals surface area contributed by atoms with Gasteiger partial charge in [0.2, 0.25) is 0 Å². The molecule has 0 aliphatic heterocycles. The Morgan fingerprint density at radius 2 is 2.30 bits per heavy atom. The minimum atomic E-state index is -0.171. The van der Waals surface area contributed by atoms with Gasteiger partial charge in [0.25, 0.3) is 0 Å². The van der Waals surface area contributed by atoms with Crippen molar-refractivity contribution in [2.75, 3.05) is 20.3 Å². The molecule has 0 saturated heterocycles. The predicted octanol–water partition coefficient (Wildman–Crippen LogP) is 1.21. The first-order chi connectivity index (χ1) is 4.68. The highest BCUT2D eigenvalue weighted by Crippen LogP contribution is 2.20. The third-order valence-corrected chi connectivity index (χ3v) is 1.73. The van der Waals surface area contributed by atoms with Crippen LogP contribution in [0.25, 0.3) is 0 Å². The summed E-state index contributed by atoms with van der Waals surface area (Å²) in [4.78, 5) is 0. The normalized spacial score (nSPS) is 16.3. The first kappa shape index (κ1) is 9.66. The Labute approximate surface area is 62.5 Å². The van der Waals surface area contributed by atoms with Gasteiger partial charge in [-0.3, -0.25) is 0 Å². The molecule has 2 heteroatoms. The summed E-state index contributed by atoms with van der Waals surface area (Å²) in [5, 5.41) is 8.89. The Balaban J connectivity index is 3.68. The van der Waals surface area contributed by atoms with E-state index in [1.165, 1.54) is 0 Å². The van der Waals surface area contributed by atoms with E-state index in [0.29, 0.717) is 6.61 Å². The molecule has 1 atom stereocenters. The molecule has 0 aromatic heterocycles. The van der Waals surface area contributed by atoms with Gasteiger partial charge in [0.15, 0.2) is 0 Å². The molecule has 0 aliphatic carbocycles. The van der Waals surface area contributed by atoms with Crippen LogP contribution in [0.5, 0.6) is 0 Å². The number of methoxy groups -OCH3 is 1. The van der Waals surface area contributed by atoms with E-state index < -0.39 is 0 Å². The van der Waals surface area contributed by atoms with Crippen LogP contribution in [-0.2, 0) is 4.74 Å². The van der Waals surface area contributed by atoms with E-state index in [1.54, 1.807) is 13.2 Å². The molecule has 0 fully saturated rings. The molecule has 10 heavy (non-hydrogen) atoms. The third kappa shape index (κ3) is 2.99. The van der Waals surface area contributed by atoms with E-state index in [-0.39, 0.29) is 12.0 Å². The quantitative estimate of drug-likeness (QED) is 0.588. The van der Waals surface area contributed by atoms with Gasteiger partial charge in [0, 0.05) is 19.1 Å². The molecule has 0 aromatic carbocycles. The SMILES string of the molecule is C=C[C@@](C)(CO)CCOC. The van der Waals surface area contributed by atoms with Crippen LogP contribution in [0.1, 0.15) is 13.3 Å². The van der Waals surface area contributed by atoms with Crippen molar-refractivity contribution < 1.29 is 9.84 Å². The summed E-state index contributed by atoms with van der Waals surface area (Å²) in [5.74, 6) is 0. The molecule has 0 aliphatic rings. The first-order valence-electron chi connectivity index (χ1n) is 3.42. The molecular weight excluding hydrogens is 128 g/mol. The number of hydrogen-bond acceptors (Lipinski definition) is 2. The molecule has 2 nitrogen and oxygen atoms in total. The highest BCUT2D eigenvalue weighted by Gasteiger charge is 2.17. The monoisotopic (exact) mass is 144 g/mol. The van der Waals surface area contributed by atoms with Crippen LogP contribution < -0.4 is 0 Å². The van der Waals surface area contributed by atoms with Gasteiger partial charge in [0.1, 0.15) is 0 Å². The van der Waals surface area contributed by atoms with E-state index in [2.05, 4.69) is 6.58 Å². The van der Waals surface area contributed by atoms with Crippen molar-refractivity contribution in [2.45, 2.75) is 13.3 Å². The Hall–Kier alpha value is -0.340. The van der Waals surface area contributed by atoms with Crippen molar-refractivity contribution in [3.63, 3.8) is 0 Å². The number of ether oxygens (including phenoxy) is 1. The zero-order valence-corrected chi connectivity index (χ0v) is 6.76. The van der Waals surface area contributed by atoms with Gasteiger partial charge in [-0.15, -0.1) is 6.58 Å². The average Bonchev–Trinajstić information content (AvgIpc) is 2.00. The fourth-order valence-corrected chi connectivity index (χ4v) is 0.581. The Morgan fingerprint density at radius 1 is 1.70 bits per heavy atom. The molecule has 0 bridgehead atoms. The second-order valence-corrected chi connectivity index (χ2v) is 2.76. The maximum Gasteiger partial charge on any atom is 0.0520 e. The maximum absolute atomic E-state index is 8.89. The summed E-state index contributed by atoms with van der Waals surface area (Å²) in [7, 11) is 1.65. The molecule has 0 heterocycles. The van der Waals surface area contributed by atoms with Crippen LogP contribution in [0.4, 0.5) is 0 Å². The largest absolute Gasteiger partial charge is 0.395 e. The fourth-order valence-electron chi connectivity index (χ4n) is 0.581. The molecular formula is C8H16O2. The first-order valence-corrected chi connectivity index (χ1v) is 3.42. The second kappa shape index (κ2) is 4.47. The van der Waals surface area contributed by atoms with Crippen molar-refractivity contribution in [3.05, 3.63) is 12.7 Å². The third-order valence-electron chi connectivity index (χ3n) is 1.73. The zero-order valence-electron chi connectivity index (χ0n) is 6.76. The molecule has 1 N–H and O–H groups in total. The molecule has 0 amide bonds. The maximum atomic E-state index is 8.89. The van der Waals surface area contributed by atoms with E-state index in [9.17, 15) is 0 Å². The van der Waals surface area contributed by atoms with Gasteiger partial charge in [0.05, 0.1) is 6.61 Å². The number of aliphatic hydroxyl groups is 1. The summed E-state index contributed by atoms with van der Waals surface area (Å²) in [5.41, 5.74) is -0.171. The molecule has 0 spiro atoms. The van der Waals surface area contributed by atoms with Crippen LogP contribution >= 0.6 is 0 Å². The van der Waals surface area contributed by atoms with E-state index >= 15 is 0 Å². The van der Waals surface area contributed by atoms with Gasteiger partial charge in [-0.1, -0.05) is 13.0 Å². The Morgan fingerprint density at radius 3 is 2.60 bits per heavy atom. The molecule has 0 unspecified atom stereocenters. The summed E-state index contributed by atoms with van der Waals surface area (Å²) < 4.78 is 4.88. The zero-order chi connectivity index (χ0) is 8.04. The minimum Gasteiger partial charge on any atom is -0.395 e. The highest BCUT2D eigenvalue weighted by molar-refractivity contribution is 4.90. The van der Waals surface area contributed by atoms with Crippen molar-refractivity contribution in [1.82, 2.24) is 0 Å². The molecule has 0 radical (unpaired) electrons. The number of rotatable bonds is 5. The molecule has 0 saturated carbocycles. The van der Waals surface area contributed by atoms with Gasteiger partial charge in [-0.25, -0.2) is 0 Å². The minimum absolute atomic E-state index is 0.139. The van der Waals surface area contributed by atoms with Crippen LogP contribution in [0.2, 0.25) is 0 Å². The summed E-state index contributed by atoms with van der Waals surface area (Å²) in [6, 6.07) is 0. The van der Waals surface area contributed by atoms with Crippen molar-refractivity contribution in [2.24, 2.45) is 5.41 Å². The summed E-state index contributed by atoms with van der Waals surface area (Å²) in [6.07, 6.45) is 2.59. The lowest BCUT2D eigenvalue weighted by Crippen LogP contribution is -2.19. The van der Waals surface area contributed by atoms with Crippen LogP contribution in [-0.4, -0.2) is 25.4 Å². The predicted molar refractivity (Wildman–Crippen MR) is 41.9 cm³/mol. The lowest BCUT2D eigenvalue weighted by atomic mass is 9.89. The Kier molecular flexibility index (Phi) is 4.32. The Bertz CT molecular complexity index is 101. The lowest BCUT2D eigenvalue weighted by molar-refractivity contribution is 0.119. The van der Waals surface area contributed by atoms with Gasteiger partial charge in [-0.2, -0.15) is 0 Å². The van der Waals surface area contributed by atoms with Crippen LogP contribution in [0.3, 0.4) is 0 Å². The van der Waals surface area contributed by atoms with Crippen LogP contribution in [0.15, 0.2) is 12.7 Å². The van der Waals surface area contributed by atoms with Crippen molar-refractivity contribution >= 4 is 0 Å². The van der Waals surface area contributed by atoms with Crippen molar-refractivity contribution in [3.8, 4) is 0 Å². The van der Waals surface area contributed by atoms with E-state index in [1.807, 2.05) is 6.92 Å². The standard InChI is InChI=1S/C8H16O2/c1-4-8(2,7-9)5-6-10-3/h4,9H,1,5-7H2,2-3H3/t8-/m1/s1. The summed E-state index contributed by atoms with van der Waals surface area (Å²) in [6.45, 7) is 6.41. The topological polar surface area (TPSA) is 29.5 Å². The van der Waals surface area contributed by atoms with Gasteiger partial charge < -0.3 is 9.84 Å². The number of aliphatic hydroxyl groups excluding tert-OH is 1.